The van der Waals surface area contributed by atoms with Crippen LogP contribution >= 0.6 is 23.2 Å². The van der Waals surface area contributed by atoms with E-state index in [0.717, 1.165) is 11.4 Å². The molecular weight excluding hydrogens is 295 g/mol. The van der Waals surface area contributed by atoms with Crippen molar-refractivity contribution in [3.05, 3.63) is 16.1 Å². The fraction of sp³-hybridized carbons (Fsp3) is 0.300. The van der Waals surface area contributed by atoms with Crippen molar-refractivity contribution in [3.63, 3.8) is 0 Å². The van der Waals surface area contributed by atoms with E-state index in [9.17, 15) is 4.79 Å². The van der Waals surface area contributed by atoms with Gasteiger partial charge in [-0.3, -0.25) is 0 Å². The van der Waals surface area contributed by atoms with Gasteiger partial charge >= 0.3 is 6.03 Å². The highest BCUT2D eigenvalue weighted by Gasteiger charge is 2.20. The summed E-state index contributed by atoms with van der Waals surface area (Å²) in [6.45, 7) is 3.73. The monoisotopic (exact) mass is 304 g/mol. The van der Waals surface area contributed by atoms with E-state index in [1.54, 1.807) is 0 Å². The van der Waals surface area contributed by atoms with Crippen molar-refractivity contribution in [2.45, 2.75) is 19.9 Å². The lowest BCUT2D eigenvalue weighted by Gasteiger charge is -2.13. The van der Waals surface area contributed by atoms with Crippen molar-refractivity contribution in [3.8, 4) is 0 Å². The highest BCUT2D eigenvalue weighted by Crippen LogP contribution is 2.47. The van der Waals surface area contributed by atoms with Gasteiger partial charge < -0.3 is 10.6 Å². The molecule has 96 valence electrons. The summed E-state index contributed by atoms with van der Waals surface area (Å²) >= 11 is 13.1. The maximum Gasteiger partial charge on any atom is 0.319 e. The quantitative estimate of drug-likeness (QED) is 0.855. The van der Waals surface area contributed by atoms with Crippen LogP contribution in [0.5, 0.6) is 0 Å². The molecule has 5 nitrogen and oxygen atoms in total. The molecule has 0 spiro atoms. The number of amides is 2. The Morgan fingerprint density at radius 1 is 1.28 bits per heavy atom. The number of halogens is 2. The first-order valence-corrected chi connectivity index (χ1v) is 6.65. The van der Waals surface area contributed by atoms with Crippen molar-refractivity contribution in [2.24, 2.45) is 8.73 Å². The number of anilines is 1. The molecule has 1 aromatic rings. The largest absolute Gasteiger partial charge is 0.336 e. The number of carbonyl (C=O) groups excluding carboxylic acids is 1. The third-order valence-electron chi connectivity index (χ3n) is 2.10. The van der Waals surface area contributed by atoms with Crippen LogP contribution < -0.4 is 10.6 Å². The SMILES string of the molecule is CC(C)NC(=O)Nc1c(Cl)cc(Cl)c2c1N=S=N2. The molecule has 0 aliphatic carbocycles. The molecule has 2 amide bonds. The normalized spacial score (nSPS) is 12.3. The summed E-state index contributed by atoms with van der Waals surface area (Å²) in [5, 5.41) is 6.11. The van der Waals surface area contributed by atoms with Crippen molar-refractivity contribution in [2.75, 3.05) is 5.32 Å². The van der Waals surface area contributed by atoms with E-state index in [4.69, 9.17) is 23.2 Å². The van der Waals surface area contributed by atoms with E-state index in [1.165, 1.54) is 6.07 Å². The Morgan fingerprint density at radius 3 is 2.61 bits per heavy atom. The maximum atomic E-state index is 11.7. The van der Waals surface area contributed by atoms with Gasteiger partial charge in [-0.2, -0.15) is 8.73 Å². The third-order valence-corrected chi connectivity index (χ3v) is 3.22. The molecule has 0 unspecified atom stereocenters. The van der Waals surface area contributed by atoms with Crippen molar-refractivity contribution >= 4 is 57.6 Å². The molecule has 0 fully saturated rings. The Labute approximate surface area is 118 Å². The summed E-state index contributed by atoms with van der Waals surface area (Å²) in [5.74, 6) is 0. The van der Waals surface area contributed by atoms with Gasteiger partial charge in [0.2, 0.25) is 0 Å². The minimum Gasteiger partial charge on any atom is -0.336 e. The van der Waals surface area contributed by atoms with Crippen LogP contribution in [-0.4, -0.2) is 12.1 Å². The number of rotatable bonds is 2. The zero-order valence-electron chi connectivity index (χ0n) is 9.62. The number of nitrogens with one attached hydrogen (secondary N) is 2. The topological polar surface area (TPSA) is 65.8 Å². The lowest BCUT2D eigenvalue weighted by molar-refractivity contribution is 0.250. The molecule has 0 saturated carbocycles. The summed E-state index contributed by atoms with van der Waals surface area (Å²) in [5.41, 5.74) is 1.45. The molecule has 1 aromatic carbocycles. The van der Waals surface area contributed by atoms with Gasteiger partial charge in [-0.05, 0) is 19.9 Å². The highest BCUT2D eigenvalue weighted by atomic mass is 35.5. The van der Waals surface area contributed by atoms with Crippen LogP contribution in [0.25, 0.3) is 0 Å². The Bertz CT molecular complexity index is 582. The smallest absolute Gasteiger partial charge is 0.319 e. The average Bonchev–Trinajstić information content (AvgIpc) is 2.72. The molecule has 2 N–H and O–H groups in total. The molecule has 18 heavy (non-hydrogen) atoms. The number of carbonyl (C=O) groups is 1. The zero-order valence-corrected chi connectivity index (χ0v) is 11.9. The molecule has 1 aliphatic heterocycles. The number of benzene rings is 1. The molecule has 0 saturated heterocycles. The van der Waals surface area contributed by atoms with E-state index in [1.807, 2.05) is 13.8 Å². The van der Waals surface area contributed by atoms with Crippen molar-refractivity contribution in [1.29, 1.82) is 0 Å². The molecular formula is C10H10Cl2N4OS. The van der Waals surface area contributed by atoms with Crippen LogP contribution in [-0.2, 0) is 11.4 Å². The number of hydrogen-bond acceptors (Lipinski definition) is 3. The minimum atomic E-state index is -0.344. The van der Waals surface area contributed by atoms with E-state index in [-0.39, 0.29) is 12.1 Å². The minimum absolute atomic E-state index is 0.0279. The zero-order chi connectivity index (χ0) is 13.3. The molecule has 0 bridgehead atoms. The number of nitrogens with zero attached hydrogens (tertiary/aromatic N) is 2. The number of hydrogen-bond donors (Lipinski definition) is 2. The van der Waals surface area contributed by atoms with Gasteiger partial charge in [-0.25, -0.2) is 4.79 Å². The molecule has 0 radical (unpaired) electrons. The molecule has 8 heteroatoms. The lowest BCUT2D eigenvalue weighted by atomic mass is 10.2. The van der Waals surface area contributed by atoms with Gasteiger partial charge in [0.15, 0.2) is 0 Å². The predicted octanol–water partition coefficient (Wildman–Crippen LogP) is 4.25. The first kappa shape index (κ1) is 13.3. The summed E-state index contributed by atoms with van der Waals surface area (Å²) in [6.07, 6.45) is 0. The molecule has 1 heterocycles. The number of urea groups is 1. The van der Waals surface area contributed by atoms with Gasteiger partial charge in [0.05, 0.1) is 27.1 Å². The van der Waals surface area contributed by atoms with E-state index < -0.39 is 0 Å². The summed E-state index contributed by atoms with van der Waals surface area (Å²) in [6, 6.07) is 1.22. The van der Waals surface area contributed by atoms with E-state index >= 15 is 0 Å². The first-order valence-electron chi connectivity index (χ1n) is 5.17. The van der Waals surface area contributed by atoms with Crippen LogP contribution in [0.15, 0.2) is 14.8 Å². The predicted molar refractivity (Wildman–Crippen MR) is 75.3 cm³/mol. The van der Waals surface area contributed by atoms with Crippen LogP contribution in [0.3, 0.4) is 0 Å². The molecule has 1 aliphatic rings. The Kier molecular flexibility index (Phi) is 3.89. The average molecular weight is 305 g/mol. The maximum absolute atomic E-state index is 11.7. The van der Waals surface area contributed by atoms with Crippen molar-refractivity contribution < 1.29 is 4.79 Å². The van der Waals surface area contributed by atoms with Gasteiger partial charge in [0.1, 0.15) is 11.4 Å². The van der Waals surface area contributed by atoms with Crippen LogP contribution in [0, 0.1) is 0 Å². The second-order valence-electron chi connectivity index (χ2n) is 3.93. The summed E-state index contributed by atoms with van der Waals surface area (Å²) in [4.78, 5) is 11.7. The van der Waals surface area contributed by atoms with Crippen LogP contribution in [0.1, 0.15) is 13.8 Å². The van der Waals surface area contributed by atoms with Crippen molar-refractivity contribution in [1.82, 2.24) is 5.32 Å². The highest BCUT2D eigenvalue weighted by molar-refractivity contribution is 7.58. The fourth-order valence-corrected chi connectivity index (χ4v) is 2.56. The fourth-order valence-electron chi connectivity index (χ4n) is 1.40. The molecule has 0 atom stereocenters. The second kappa shape index (κ2) is 5.26. The third kappa shape index (κ3) is 2.66. The Hall–Kier alpha value is -1.11. The first-order chi connectivity index (χ1) is 8.49. The van der Waals surface area contributed by atoms with Gasteiger partial charge in [0, 0.05) is 6.04 Å². The van der Waals surface area contributed by atoms with Gasteiger partial charge in [0.25, 0.3) is 0 Å². The van der Waals surface area contributed by atoms with E-state index in [0.29, 0.717) is 27.1 Å². The molecule has 0 aromatic heterocycles. The summed E-state index contributed by atoms with van der Waals surface area (Å²) < 4.78 is 8.15. The standard InChI is InChI=1S/C10H10Cl2N4OS/c1-4(2)13-10(17)14-7-5(11)3-6(12)8-9(7)16-18-15-8/h3-4H,1-2H3,(H2,13,14,17). The van der Waals surface area contributed by atoms with E-state index in [2.05, 4.69) is 19.4 Å². The Balaban J connectivity index is 2.32. The molecule has 2 rings (SSSR count). The Morgan fingerprint density at radius 2 is 1.94 bits per heavy atom. The number of fused-ring (bicyclic) bond motifs is 1. The second-order valence-corrected chi connectivity index (χ2v) is 5.27. The summed E-state index contributed by atoms with van der Waals surface area (Å²) in [7, 11) is 0. The van der Waals surface area contributed by atoms with Crippen LogP contribution in [0.2, 0.25) is 10.0 Å². The van der Waals surface area contributed by atoms with Gasteiger partial charge in [-0.15, -0.1) is 0 Å². The van der Waals surface area contributed by atoms with Crippen LogP contribution in [0.4, 0.5) is 21.9 Å². The van der Waals surface area contributed by atoms with Gasteiger partial charge in [-0.1, -0.05) is 23.2 Å². The lowest BCUT2D eigenvalue weighted by Crippen LogP contribution is -2.34.